The molecule has 3 nitrogen and oxygen atoms in total. The van der Waals surface area contributed by atoms with Gasteiger partial charge in [0.15, 0.2) is 0 Å². The van der Waals surface area contributed by atoms with Gasteiger partial charge in [-0.1, -0.05) is 86.8 Å². The summed E-state index contributed by atoms with van der Waals surface area (Å²) < 4.78 is 5.58. The first-order valence-corrected chi connectivity index (χ1v) is 10.4. The van der Waals surface area contributed by atoms with Gasteiger partial charge in [0, 0.05) is 0 Å². The second kappa shape index (κ2) is 9.61. The lowest BCUT2D eigenvalue weighted by Gasteiger charge is -2.28. The maximum Gasteiger partial charge on any atom is 0.310 e. The molecular formula is C24H40O3. The summed E-state index contributed by atoms with van der Waals surface area (Å²) in [6, 6.07) is 3.92. The smallest absolute Gasteiger partial charge is 0.310 e. The van der Waals surface area contributed by atoms with Gasteiger partial charge >= 0.3 is 5.97 Å². The lowest BCUT2D eigenvalue weighted by Crippen LogP contribution is -2.19. The average molecular weight is 377 g/mol. The van der Waals surface area contributed by atoms with Crippen molar-refractivity contribution in [1.29, 1.82) is 0 Å². The molecule has 3 heteroatoms. The highest BCUT2D eigenvalue weighted by Gasteiger charge is 2.27. The van der Waals surface area contributed by atoms with Crippen LogP contribution in [0.1, 0.15) is 97.8 Å². The maximum absolute atomic E-state index is 12.4. The Morgan fingerprint density at radius 1 is 1.04 bits per heavy atom. The third kappa shape index (κ3) is 7.20. The zero-order chi connectivity index (χ0) is 20.8. The lowest BCUT2D eigenvalue weighted by molar-refractivity contribution is -0.144. The van der Waals surface area contributed by atoms with Crippen LogP contribution in [-0.4, -0.2) is 17.7 Å². The lowest BCUT2D eigenvalue weighted by atomic mass is 9.78. The second-order valence-electron chi connectivity index (χ2n) is 9.82. The number of benzene rings is 1. The number of phenolic OH excluding ortho intramolecular Hbond substituents is 1. The molecule has 1 N–H and O–H groups in total. The predicted molar refractivity (Wildman–Crippen MR) is 113 cm³/mol. The van der Waals surface area contributed by atoms with Crippen molar-refractivity contribution in [3.8, 4) is 5.75 Å². The van der Waals surface area contributed by atoms with E-state index in [9.17, 15) is 9.90 Å². The highest BCUT2D eigenvalue weighted by molar-refractivity contribution is 5.73. The van der Waals surface area contributed by atoms with E-state index in [1.54, 1.807) is 0 Å². The Bertz CT molecular complexity index is 582. The summed E-state index contributed by atoms with van der Waals surface area (Å²) in [5.74, 6) is 0.608. The van der Waals surface area contributed by atoms with Crippen LogP contribution in [0.3, 0.4) is 0 Å². The van der Waals surface area contributed by atoms with E-state index in [1.807, 2.05) is 12.1 Å². The minimum atomic E-state index is -0.197. The van der Waals surface area contributed by atoms with Gasteiger partial charge in [-0.05, 0) is 39.9 Å². The molecule has 0 aliphatic heterocycles. The van der Waals surface area contributed by atoms with Crippen LogP contribution in [0.5, 0.6) is 5.75 Å². The number of hydrogen-bond donors (Lipinski definition) is 1. The molecule has 0 heterocycles. The molecule has 0 aliphatic carbocycles. The molecule has 0 fully saturated rings. The second-order valence-corrected chi connectivity index (χ2v) is 9.82. The van der Waals surface area contributed by atoms with Crippen molar-refractivity contribution in [3.63, 3.8) is 0 Å². The van der Waals surface area contributed by atoms with E-state index in [0.29, 0.717) is 18.3 Å². The van der Waals surface area contributed by atoms with Crippen molar-refractivity contribution >= 4 is 5.97 Å². The van der Waals surface area contributed by atoms with Gasteiger partial charge < -0.3 is 9.84 Å². The van der Waals surface area contributed by atoms with Crippen molar-refractivity contribution < 1.29 is 14.6 Å². The summed E-state index contributed by atoms with van der Waals surface area (Å²) in [5, 5.41) is 10.8. The van der Waals surface area contributed by atoms with Crippen LogP contribution in [0.15, 0.2) is 12.1 Å². The molecule has 0 aromatic heterocycles. The van der Waals surface area contributed by atoms with Gasteiger partial charge in [0.25, 0.3) is 0 Å². The molecule has 1 aromatic rings. The standard InChI is InChI=1S/C24H40O3/c1-9-11-12-17(10-2)16-27-21(25)15-18-13-19(23(3,4)5)22(26)20(14-18)24(6,7)8/h13-14,17,26H,9-12,15-16H2,1-8H3. The van der Waals surface area contributed by atoms with E-state index in [1.165, 1.54) is 12.8 Å². The normalized spacial score (nSPS) is 13.5. The fourth-order valence-corrected chi connectivity index (χ4v) is 3.27. The number of carbonyl (C=O) groups is 1. The van der Waals surface area contributed by atoms with Gasteiger partial charge in [-0.2, -0.15) is 0 Å². The quantitative estimate of drug-likeness (QED) is 0.542. The Balaban J connectivity index is 2.98. The third-order valence-electron chi connectivity index (χ3n) is 5.16. The number of phenols is 1. The van der Waals surface area contributed by atoms with Gasteiger partial charge in [0.2, 0.25) is 0 Å². The molecular weight excluding hydrogens is 336 g/mol. The first kappa shape index (κ1) is 23.5. The van der Waals surface area contributed by atoms with Crippen molar-refractivity contribution in [1.82, 2.24) is 0 Å². The molecule has 0 amide bonds. The van der Waals surface area contributed by atoms with Crippen LogP contribution in [-0.2, 0) is 26.8 Å². The summed E-state index contributed by atoms with van der Waals surface area (Å²) in [4.78, 5) is 12.4. The van der Waals surface area contributed by atoms with E-state index < -0.39 is 0 Å². The molecule has 0 saturated carbocycles. The van der Waals surface area contributed by atoms with E-state index in [4.69, 9.17) is 4.74 Å². The monoisotopic (exact) mass is 376 g/mol. The van der Waals surface area contributed by atoms with Crippen molar-refractivity contribution in [3.05, 3.63) is 28.8 Å². The Labute approximate surface area is 166 Å². The van der Waals surface area contributed by atoms with Crippen LogP contribution in [0.25, 0.3) is 0 Å². The molecule has 154 valence electrons. The number of rotatable bonds is 8. The van der Waals surface area contributed by atoms with Crippen LogP contribution < -0.4 is 0 Å². The van der Waals surface area contributed by atoms with Gasteiger partial charge in [-0.15, -0.1) is 0 Å². The molecule has 0 saturated heterocycles. The van der Waals surface area contributed by atoms with E-state index in [-0.39, 0.29) is 23.2 Å². The van der Waals surface area contributed by atoms with Crippen LogP contribution in [0.2, 0.25) is 0 Å². The zero-order valence-corrected chi connectivity index (χ0v) is 18.7. The third-order valence-corrected chi connectivity index (χ3v) is 5.16. The fourth-order valence-electron chi connectivity index (χ4n) is 3.27. The SMILES string of the molecule is CCCCC(CC)COC(=O)Cc1cc(C(C)(C)C)c(O)c(C(C)(C)C)c1. The summed E-state index contributed by atoms with van der Waals surface area (Å²) in [5.41, 5.74) is 2.28. The molecule has 1 aromatic carbocycles. The van der Waals surface area contributed by atoms with Gasteiger partial charge in [-0.25, -0.2) is 0 Å². The van der Waals surface area contributed by atoms with Crippen LogP contribution in [0.4, 0.5) is 0 Å². The van der Waals surface area contributed by atoms with E-state index >= 15 is 0 Å². The summed E-state index contributed by atoms with van der Waals surface area (Å²) in [7, 11) is 0. The molecule has 0 radical (unpaired) electrons. The number of esters is 1. The average Bonchev–Trinajstić information content (AvgIpc) is 2.54. The van der Waals surface area contributed by atoms with Crippen molar-refractivity contribution in [2.24, 2.45) is 5.92 Å². The minimum absolute atomic E-state index is 0.185. The number of ether oxygens (including phenoxy) is 1. The summed E-state index contributed by atoms with van der Waals surface area (Å²) in [6.45, 7) is 17.3. The fraction of sp³-hybridized carbons (Fsp3) is 0.708. The Morgan fingerprint density at radius 2 is 1.56 bits per heavy atom. The Morgan fingerprint density at radius 3 is 1.96 bits per heavy atom. The molecule has 0 spiro atoms. The predicted octanol–water partition coefficient (Wildman–Crippen LogP) is 6.29. The zero-order valence-electron chi connectivity index (χ0n) is 18.7. The van der Waals surface area contributed by atoms with Gasteiger partial charge in [0.05, 0.1) is 13.0 Å². The first-order valence-electron chi connectivity index (χ1n) is 10.4. The van der Waals surface area contributed by atoms with Crippen molar-refractivity contribution in [2.45, 2.75) is 98.3 Å². The topological polar surface area (TPSA) is 46.5 Å². The van der Waals surface area contributed by atoms with Crippen LogP contribution >= 0.6 is 0 Å². The maximum atomic E-state index is 12.4. The summed E-state index contributed by atoms with van der Waals surface area (Å²) in [6.07, 6.45) is 4.74. The molecule has 1 atom stereocenters. The largest absolute Gasteiger partial charge is 0.507 e. The number of carbonyl (C=O) groups excluding carboxylic acids is 1. The van der Waals surface area contributed by atoms with Gasteiger partial charge in [-0.3, -0.25) is 4.79 Å². The number of hydrogen-bond acceptors (Lipinski definition) is 3. The molecule has 1 rings (SSSR count). The summed E-state index contributed by atoms with van der Waals surface area (Å²) >= 11 is 0. The highest BCUT2D eigenvalue weighted by atomic mass is 16.5. The van der Waals surface area contributed by atoms with Crippen molar-refractivity contribution in [2.75, 3.05) is 6.61 Å². The number of unbranched alkanes of at least 4 members (excludes halogenated alkanes) is 1. The molecule has 1 unspecified atom stereocenters. The highest BCUT2D eigenvalue weighted by Crippen LogP contribution is 2.39. The Hall–Kier alpha value is -1.51. The van der Waals surface area contributed by atoms with E-state index in [2.05, 4.69) is 55.4 Å². The first-order chi connectivity index (χ1) is 12.4. The van der Waals surface area contributed by atoms with E-state index in [0.717, 1.165) is 29.5 Å². The minimum Gasteiger partial charge on any atom is -0.507 e. The van der Waals surface area contributed by atoms with Gasteiger partial charge in [0.1, 0.15) is 5.75 Å². The molecule has 0 aliphatic rings. The molecule has 0 bridgehead atoms. The van der Waals surface area contributed by atoms with Crippen LogP contribution in [0, 0.1) is 5.92 Å². The Kier molecular flexibility index (Phi) is 8.38. The molecule has 27 heavy (non-hydrogen) atoms. The number of aromatic hydroxyl groups is 1.